The maximum absolute atomic E-state index is 10.1. The lowest BCUT2D eigenvalue weighted by Gasteiger charge is -2.00. The minimum absolute atomic E-state index is 0.00495. The predicted octanol–water partition coefficient (Wildman–Crippen LogP) is -0.364. The molecule has 0 amide bonds. The van der Waals surface area contributed by atoms with Crippen LogP contribution in [-0.2, 0) is 9.53 Å². The number of rotatable bonds is 2. The molecule has 2 atom stereocenters. The van der Waals surface area contributed by atoms with Crippen molar-refractivity contribution in [2.24, 2.45) is 0 Å². The smallest absolute Gasteiger partial charge is 0.135 e. The van der Waals surface area contributed by atoms with Gasteiger partial charge in [0.25, 0.3) is 0 Å². The lowest BCUT2D eigenvalue weighted by Crippen LogP contribution is -2.05. The first-order chi connectivity index (χ1) is 4.36. The highest BCUT2D eigenvalue weighted by molar-refractivity contribution is 8.01. The molecular weight excluding hydrogens is 140 g/mol. The van der Waals surface area contributed by atoms with Gasteiger partial charge in [0.15, 0.2) is 0 Å². The molecule has 0 aromatic heterocycles. The zero-order valence-electron chi connectivity index (χ0n) is 4.82. The maximum atomic E-state index is 10.1. The fourth-order valence-corrected chi connectivity index (χ4v) is 1.50. The molecule has 0 radical (unpaired) electrons. The maximum Gasteiger partial charge on any atom is 0.135 e. The normalized spacial score (nSPS) is 34.8. The molecule has 4 heteroatoms. The van der Waals surface area contributed by atoms with Gasteiger partial charge in [-0.3, -0.25) is 0 Å². The van der Waals surface area contributed by atoms with Crippen molar-refractivity contribution >= 4 is 18.0 Å². The van der Waals surface area contributed by atoms with Crippen molar-refractivity contribution in [2.45, 2.75) is 10.7 Å². The van der Waals surface area contributed by atoms with Gasteiger partial charge in [0.2, 0.25) is 0 Å². The molecule has 9 heavy (non-hydrogen) atoms. The number of aldehydes is 1. The molecule has 0 spiro atoms. The van der Waals surface area contributed by atoms with Gasteiger partial charge in [-0.15, -0.1) is 11.8 Å². The topological polar surface area (TPSA) is 46.5 Å². The Morgan fingerprint density at radius 1 is 1.89 bits per heavy atom. The first-order valence-electron chi connectivity index (χ1n) is 2.70. The van der Waals surface area contributed by atoms with Gasteiger partial charge in [0.1, 0.15) is 11.7 Å². The Morgan fingerprint density at radius 3 is 3.00 bits per heavy atom. The summed E-state index contributed by atoms with van der Waals surface area (Å²) in [6.45, 7) is 0.439. The van der Waals surface area contributed by atoms with Crippen molar-refractivity contribution in [1.29, 1.82) is 0 Å². The lowest BCUT2D eigenvalue weighted by atomic mass is 10.5. The van der Waals surface area contributed by atoms with Gasteiger partial charge < -0.3 is 14.6 Å². The van der Waals surface area contributed by atoms with E-state index >= 15 is 0 Å². The standard InChI is InChI=1S/C5H8O3S/c6-1-4-3-8-5(2-7)9-4/h1,4-5,7H,2-3H2/t4-,5-/m1/s1. The van der Waals surface area contributed by atoms with Crippen molar-refractivity contribution < 1.29 is 14.6 Å². The van der Waals surface area contributed by atoms with E-state index in [1.54, 1.807) is 0 Å². The van der Waals surface area contributed by atoms with Gasteiger partial charge in [-0.25, -0.2) is 0 Å². The van der Waals surface area contributed by atoms with E-state index in [2.05, 4.69) is 0 Å². The van der Waals surface area contributed by atoms with Crippen LogP contribution in [0.1, 0.15) is 0 Å². The molecule has 0 bridgehead atoms. The number of aliphatic hydroxyl groups excluding tert-OH is 1. The molecule has 0 unspecified atom stereocenters. The van der Waals surface area contributed by atoms with Crippen LogP contribution < -0.4 is 0 Å². The third kappa shape index (κ3) is 1.67. The summed E-state index contributed by atoms with van der Waals surface area (Å²) >= 11 is 1.37. The van der Waals surface area contributed by atoms with E-state index < -0.39 is 0 Å². The van der Waals surface area contributed by atoms with E-state index in [0.29, 0.717) is 6.61 Å². The van der Waals surface area contributed by atoms with Crippen LogP contribution in [0.5, 0.6) is 0 Å². The summed E-state index contributed by atoms with van der Waals surface area (Å²) in [5, 5.41) is 8.45. The minimum atomic E-state index is -0.180. The first kappa shape index (κ1) is 7.05. The van der Waals surface area contributed by atoms with Gasteiger partial charge in [0, 0.05) is 0 Å². The van der Waals surface area contributed by atoms with Crippen LogP contribution in [-0.4, -0.2) is 35.3 Å². The summed E-state index contributed by atoms with van der Waals surface area (Å²) in [4.78, 5) is 10.1. The summed E-state index contributed by atoms with van der Waals surface area (Å²) in [7, 11) is 0. The number of thioether (sulfide) groups is 1. The first-order valence-corrected chi connectivity index (χ1v) is 3.64. The molecule has 1 aliphatic rings. The Labute approximate surface area is 57.4 Å². The van der Waals surface area contributed by atoms with Crippen molar-refractivity contribution in [3.8, 4) is 0 Å². The van der Waals surface area contributed by atoms with Crippen LogP contribution in [0.3, 0.4) is 0 Å². The molecule has 3 nitrogen and oxygen atoms in total. The molecule has 1 fully saturated rings. The highest BCUT2D eigenvalue weighted by Crippen LogP contribution is 2.24. The van der Waals surface area contributed by atoms with E-state index in [4.69, 9.17) is 9.84 Å². The van der Waals surface area contributed by atoms with Gasteiger partial charge >= 0.3 is 0 Å². The second-order valence-electron chi connectivity index (χ2n) is 1.76. The van der Waals surface area contributed by atoms with Crippen molar-refractivity contribution in [3.63, 3.8) is 0 Å². The van der Waals surface area contributed by atoms with Crippen LogP contribution in [0.2, 0.25) is 0 Å². The number of carbonyl (C=O) groups excluding carboxylic acids is 1. The predicted molar refractivity (Wildman–Crippen MR) is 34.3 cm³/mol. The highest BCUT2D eigenvalue weighted by Gasteiger charge is 2.24. The van der Waals surface area contributed by atoms with Crippen molar-refractivity contribution in [2.75, 3.05) is 13.2 Å². The fourth-order valence-electron chi connectivity index (χ4n) is 0.643. The second kappa shape index (κ2) is 3.20. The number of aliphatic hydroxyl groups is 1. The van der Waals surface area contributed by atoms with Gasteiger partial charge in [0.05, 0.1) is 18.5 Å². The van der Waals surface area contributed by atoms with Crippen LogP contribution in [0.15, 0.2) is 0 Å². The number of hydrogen-bond donors (Lipinski definition) is 1. The van der Waals surface area contributed by atoms with Gasteiger partial charge in [-0.05, 0) is 0 Å². The van der Waals surface area contributed by atoms with Crippen LogP contribution in [0, 0.1) is 0 Å². The zero-order chi connectivity index (χ0) is 6.69. The summed E-state index contributed by atoms with van der Waals surface area (Å²) < 4.78 is 4.99. The van der Waals surface area contributed by atoms with Crippen LogP contribution in [0.4, 0.5) is 0 Å². The molecule has 0 aliphatic carbocycles. The largest absolute Gasteiger partial charge is 0.393 e. The Hall–Kier alpha value is -0.0600. The summed E-state index contributed by atoms with van der Waals surface area (Å²) in [6.07, 6.45) is 0.848. The zero-order valence-corrected chi connectivity index (χ0v) is 5.63. The molecule has 1 N–H and O–H groups in total. The molecule has 1 aliphatic heterocycles. The molecule has 0 saturated carbocycles. The molecule has 1 rings (SSSR count). The van der Waals surface area contributed by atoms with E-state index in [-0.39, 0.29) is 17.3 Å². The van der Waals surface area contributed by atoms with Crippen molar-refractivity contribution in [1.82, 2.24) is 0 Å². The third-order valence-electron chi connectivity index (χ3n) is 1.07. The quantitative estimate of drug-likeness (QED) is 0.543. The van der Waals surface area contributed by atoms with E-state index in [9.17, 15) is 4.79 Å². The number of ether oxygens (including phenoxy) is 1. The monoisotopic (exact) mass is 148 g/mol. The van der Waals surface area contributed by atoms with Crippen molar-refractivity contribution in [3.05, 3.63) is 0 Å². The number of hydrogen-bond acceptors (Lipinski definition) is 4. The molecule has 1 heterocycles. The SMILES string of the molecule is O=C[C@@H]1CO[C@@H](CO)S1. The second-order valence-corrected chi connectivity index (χ2v) is 3.16. The Kier molecular flexibility index (Phi) is 2.50. The molecule has 1 saturated heterocycles. The summed E-state index contributed by atoms with van der Waals surface area (Å²) in [5.74, 6) is 0. The van der Waals surface area contributed by atoms with Gasteiger partial charge in [-0.1, -0.05) is 0 Å². The molecule has 0 aromatic rings. The van der Waals surface area contributed by atoms with E-state index in [0.717, 1.165) is 6.29 Å². The molecular formula is C5H8O3S. The Bertz CT molecular complexity index is 106. The van der Waals surface area contributed by atoms with E-state index in [1.807, 2.05) is 0 Å². The highest BCUT2D eigenvalue weighted by atomic mass is 32.2. The number of carbonyl (C=O) groups is 1. The fraction of sp³-hybridized carbons (Fsp3) is 0.800. The lowest BCUT2D eigenvalue weighted by molar-refractivity contribution is -0.108. The average molecular weight is 148 g/mol. The Balaban J connectivity index is 2.28. The van der Waals surface area contributed by atoms with Crippen LogP contribution >= 0.6 is 11.8 Å². The third-order valence-corrected chi connectivity index (χ3v) is 2.26. The average Bonchev–Trinajstić information content (AvgIpc) is 2.34. The molecule has 52 valence electrons. The molecule has 0 aromatic carbocycles. The summed E-state index contributed by atoms with van der Waals surface area (Å²) in [6, 6.07) is 0. The van der Waals surface area contributed by atoms with E-state index in [1.165, 1.54) is 11.8 Å². The minimum Gasteiger partial charge on any atom is -0.393 e. The Morgan fingerprint density at radius 2 is 2.67 bits per heavy atom. The summed E-state index contributed by atoms with van der Waals surface area (Å²) in [5.41, 5.74) is -0.180. The van der Waals surface area contributed by atoms with Crippen LogP contribution in [0.25, 0.3) is 0 Å². The van der Waals surface area contributed by atoms with Gasteiger partial charge in [-0.2, -0.15) is 0 Å².